The van der Waals surface area contributed by atoms with Gasteiger partial charge in [0.05, 0.1) is 6.04 Å². The van der Waals surface area contributed by atoms with Crippen molar-refractivity contribution in [1.82, 2.24) is 10.3 Å². The number of aromatic nitrogens is 1. The van der Waals surface area contributed by atoms with Gasteiger partial charge >= 0.3 is 0 Å². The van der Waals surface area contributed by atoms with E-state index in [0.717, 1.165) is 28.8 Å². The third-order valence-corrected chi connectivity index (χ3v) is 4.88. The van der Waals surface area contributed by atoms with Gasteiger partial charge < -0.3 is 10.6 Å². The Hall–Kier alpha value is -3.47. The number of hydrogen-bond acceptors (Lipinski definition) is 3. The van der Waals surface area contributed by atoms with Gasteiger partial charge in [-0.1, -0.05) is 55.5 Å². The lowest BCUT2D eigenvalue weighted by Crippen LogP contribution is -2.27. The molecule has 0 bridgehead atoms. The minimum atomic E-state index is -0.318. The third-order valence-electron chi connectivity index (χ3n) is 4.88. The molecular weight excluding hydrogens is 362 g/mol. The highest BCUT2D eigenvalue weighted by Gasteiger charge is 2.16. The molecule has 0 saturated heterocycles. The van der Waals surface area contributed by atoms with Gasteiger partial charge in [-0.3, -0.25) is 14.6 Å². The van der Waals surface area contributed by atoms with Crippen molar-refractivity contribution in [3.05, 3.63) is 94.8 Å². The van der Waals surface area contributed by atoms with Gasteiger partial charge in [0.15, 0.2) is 0 Å². The van der Waals surface area contributed by atoms with Gasteiger partial charge in [0.25, 0.3) is 11.8 Å². The number of nitrogens with zero attached hydrogens (tertiary/aromatic N) is 1. The van der Waals surface area contributed by atoms with Crippen LogP contribution < -0.4 is 10.6 Å². The zero-order valence-corrected chi connectivity index (χ0v) is 16.9. The Morgan fingerprint density at radius 2 is 1.76 bits per heavy atom. The van der Waals surface area contributed by atoms with Crippen LogP contribution in [0.1, 0.15) is 57.4 Å². The van der Waals surface area contributed by atoms with Crippen LogP contribution in [-0.2, 0) is 6.42 Å². The van der Waals surface area contributed by atoms with Crippen molar-refractivity contribution in [3.8, 4) is 0 Å². The molecule has 3 rings (SSSR count). The normalized spacial score (nSPS) is 11.6. The summed E-state index contributed by atoms with van der Waals surface area (Å²) in [5.41, 5.74) is 4.49. The summed E-state index contributed by atoms with van der Waals surface area (Å²) in [6.45, 7) is 5.92. The first kappa shape index (κ1) is 20.3. The molecule has 1 aromatic heterocycles. The fourth-order valence-electron chi connectivity index (χ4n) is 3.18. The summed E-state index contributed by atoms with van der Waals surface area (Å²) in [4.78, 5) is 29.5. The minimum absolute atomic E-state index is 0.165. The second-order valence-corrected chi connectivity index (χ2v) is 6.95. The van der Waals surface area contributed by atoms with E-state index in [-0.39, 0.29) is 23.6 Å². The average molecular weight is 387 g/mol. The Labute approximate surface area is 171 Å². The number of carbonyl (C=O) groups excluding carboxylic acids is 2. The van der Waals surface area contributed by atoms with E-state index in [1.807, 2.05) is 69.3 Å². The number of hydrogen-bond donors (Lipinski definition) is 2. The molecule has 148 valence electrons. The smallest absolute Gasteiger partial charge is 0.270 e. The molecule has 1 unspecified atom stereocenters. The van der Waals surface area contributed by atoms with Crippen molar-refractivity contribution in [1.29, 1.82) is 0 Å². The fourth-order valence-corrected chi connectivity index (χ4v) is 3.18. The Morgan fingerprint density at radius 3 is 2.48 bits per heavy atom. The Morgan fingerprint density at radius 1 is 1.00 bits per heavy atom. The van der Waals surface area contributed by atoms with Crippen LogP contribution in [0, 0.1) is 6.92 Å². The summed E-state index contributed by atoms with van der Waals surface area (Å²) < 4.78 is 0. The second-order valence-electron chi connectivity index (χ2n) is 6.95. The second kappa shape index (κ2) is 9.15. The van der Waals surface area contributed by atoms with Crippen molar-refractivity contribution in [2.24, 2.45) is 0 Å². The van der Waals surface area contributed by atoms with Gasteiger partial charge in [0.2, 0.25) is 0 Å². The lowest BCUT2D eigenvalue weighted by atomic mass is 10.1. The van der Waals surface area contributed by atoms with Crippen LogP contribution in [0.4, 0.5) is 5.69 Å². The number of amides is 2. The van der Waals surface area contributed by atoms with Crippen LogP contribution in [0.25, 0.3) is 0 Å². The zero-order chi connectivity index (χ0) is 20.8. The van der Waals surface area contributed by atoms with Crippen LogP contribution in [0.5, 0.6) is 0 Å². The first-order valence-electron chi connectivity index (χ1n) is 9.71. The van der Waals surface area contributed by atoms with Gasteiger partial charge in [-0.15, -0.1) is 0 Å². The Bertz CT molecular complexity index is 1020. The maximum absolute atomic E-state index is 12.8. The molecule has 1 atom stereocenters. The maximum atomic E-state index is 12.8. The number of nitrogens with one attached hydrogen (secondary N) is 2. The Balaban J connectivity index is 1.75. The first-order valence-corrected chi connectivity index (χ1v) is 9.71. The van der Waals surface area contributed by atoms with E-state index in [2.05, 4.69) is 15.6 Å². The summed E-state index contributed by atoms with van der Waals surface area (Å²) >= 11 is 0. The largest absolute Gasteiger partial charge is 0.344 e. The lowest BCUT2D eigenvalue weighted by Gasteiger charge is -2.15. The molecule has 2 aromatic carbocycles. The fraction of sp³-hybridized carbons (Fsp3) is 0.208. The van der Waals surface area contributed by atoms with E-state index in [9.17, 15) is 9.59 Å². The molecule has 2 amide bonds. The van der Waals surface area contributed by atoms with E-state index >= 15 is 0 Å². The molecule has 0 saturated carbocycles. The molecular formula is C24H25N3O2. The van der Waals surface area contributed by atoms with Crippen LogP contribution in [0.15, 0.2) is 66.9 Å². The topological polar surface area (TPSA) is 71.1 Å². The summed E-state index contributed by atoms with van der Waals surface area (Å²) in [5.74, 6) is -0.581. The number of carbonyl (C=O) groups is 2. The quantitative estimate of drug-likeness (QED) is 0.644. The van der Waals surface area contributed by atoms with Gasteiger partial charge in [0, 0.05) is 17.4 Å². The number of benzene rings is 2. The highest BCUT2D eigenvalue weighted by Crippen LogP contribution is 2.22. The van der Waals surface area contributed by atoms with Crippen molar-refractivity contribution in [2.45, 2.75) is 33.2 Å². The standard InChI is InChI=1S/C24H25N3O2/c1-4-18-12-8-9-16(2)22(18)27-23(28)20-13-14-25-21(15-20)24(29)26-17(3)19-10-6-5-7-11-19/h5-15,17H,4H2,1-3H3,(H,26,29)(H,27,28). The van der Waals surface area contributed by atoms with Gasteiger partial charge in [-0.05, 0) is 49.1 Å². The highest BCUT2D eigenvalue weighted by atomic mass is 16.2. The predicted molar refractivity (Wildman–Crippen MR) is 115 cm³/mol. The summed E-state index contributed by atoms with van der Waals surface area (Å²) in [6.07, 6.45) is 2.30. The van der Waals surface area contributed by atoms with Crippen molar-refractivity contribution < 1.29 is 9.59 Å². The monoisotopic (exact) mass is 387 g/mol. The molecule has 2 N–H and O–H groups in total. The SMILES string of the molecule is CCc1cccc(C)c1NC(=O)c1ccnc(C(=O)NC(C)c2ccccc2)c1. The number of pyridine rings is 1. The van der Waals surface area contributed by atoms with Crippen LogP contribution in [0.2, 0.25) is 0 Å². The number of anilines is 1. The van der Waals surface area contributed by atoms with Gasteiger partial charge in [-0.25, -0.2) is 0 Å². The van der Waals surface area contributed by atoms with E-state index in [4.69, 9.17) is 0 Å². The molecule has 0 aliphatic heterocycles. The number of rotatable bonds is 6. The molecule has 0 aliphatic carbocycles. The first-order chi connectivity index (χ1) is 14.0. The van der Waals surface area contributed by atoms with E-state index in [1.165, 1.54) is 12.3 Å². The maximum Gasteiger partial charge on any atom is 0.270 e. The molecule has 5 heteroatoms. The summed E-state index contributed by atoms with van der Waals surface area (Å²) in [7, 11) is 0. The predicted octanol–water partition coefficient (Wildman–Crippen LogP) is 4.70. The minimum Gasteiger partial charge on any atom is -0.344 e. The summed E-state index contributed by atoms with van der Waals surface area (Å²) in [5, 5.41) is 5.90. The molecule has 1 heterocycles. The van der Waals surface area contributed by atoms with Crippen LogP contribution in [0.3, 0.4) is 0 Å². The molecule has 29 heavy (non-hydrogen) atoms. The molecule has 0 aliphatic rings. The molecule has 0 radical (unpaired) electrons. The number of aryl methyl sites for hydroxylation is 2. The molecule has 5 nitrogen and oxygen atoms in total. The molecule has 3 aromatic rings. The zero-order valence-electron chi connectivity index (χ0n) is 16.9. The van der Waals surface area contributed by atoms with Crippen molar-refractivity contribution >= 4 is 17.5 Å². The van der Waals surface area contributed by atoms with Gasteiger partial charge in [-0.2, -0.15) is 0 Å². The molecule has 0 fully saturated rings. The highest BCUT2D eigenvalue weighted by molar-refractivity contribution is 6.06. The van der Waals surface area contributed by atoms with Crippen molar-refractivity contribution in [3.63, 3.8) is 0 Å². The van der Waals surface area contributed by atoms with E-state index in [1.54, 1.807) is 6.07 Å². The average Bonchev–Trinajstić information content (AvgIpc) is 2.75. The summed E-state index contributed by atoms with van der Waals surface area (Å²) in [6, 6.07) is 18.6. The molecule has 0 spiro atoms. The van der Waals surface area contributed by atoms with Crippen LogP contribution >= 0.6 is 0 Å². The lowest BCUT2D eigenvalue weighted by molar-refractivity contribution is 0.0935. The Kier molecular flexibility index (Phi) is 6.39. The third kappa shape index (κ3) is 4.88. The van der Waals surface area contributed by atoms with E-state index < -0.39 is 0 Å². The van der Waals surface area contributed by atoms with Gasteiger partial charge in [0.1, 0.15) is 5.69 Å². The van der Waals surface area contributed by atoms with Crippen LogP contribution in [-0.4, -0.2) is 16.8 Å². The van der Waals surface area contributed by atoms with E-state index in [0.29, 0.717) is 5.56 Å². The van der Waals surface area contributed by atoms with Crippen molar-refractivity contribution in [2.75, 3.05) is 5.32 Å². The number of para-hydroxylation sites is 1.